The van der Waals surface area contributed by atoms with Crippen LogP contribution >= 0.6 is 0 Å². The molecule has 2 N–H and O–H groups in total. The number of hydrogen-bond donors (Lipinski definition) is 2. The predicted molar refractivity (Wildman–Crippen MR) is 88.1 cm³/mol. The van der Waals surface area contributed by atoms with Crippen LogP contribution in [0.4, 0.5) is 0 Å². The van der Waals surface area contributed by atoms with Crippen molar-refractivity contribution in [1.82, 2.24) is 0 Å². The molecule has 0 radical (unpaired) electrons. The van der Waals surface area contributed by atoms with Crippen molar-refractivity contribution in [1.29, 1.82) is 0 Å². The fraction of sp³-hybridized carbons (Fsp3) is 0.263. The number of benzene rings is 3. The van der Waals surface area contributed by atoms with E-state index >= 15 is 0 Å². The molecule has 0 fully saturated rings. The molecule has 0 atom stereocenters. The van der Waals surface area contributed by atoms with Gasteiger partial charge in [0.15, 0.2) is 0 Å². The Morgan fingerprint density at radius 3 is 1.90 bits per heavy atom. The van der Waals surface area contributed by atoms with Gasteiger partial charge in [-0.3, -0.25) is 0 Å². The highest BCUT2D eigenvalue weighted by atomic mass is 16.3. The van der Waals surface area contributed by atoms with Gasteiger partial charge < -0.3 is 10.2 Å². The Hall–Kier alpha value is -2.22. The average molecular weight is 280 g/mol. The average Bonchev–Trinajstić information content (AvgIpc) is 2.52. The van der Waals surface area contributed by atoms with Crippen LogP contribution in [-0.2, 0) is 5.41 Å². The maximum atomic E-state index is 10.6. The molecule has 2 heteroatoms. The lowest BCUT2D eigenvalue weighted by Crippen LogP contribution is -2.15. The SMILES string of the molecule is CCC(C)(C)c1ccc2c(O)c3ccccc3c(O)c2c1. The van der Waals surface area contributed by atoms with Crippen LogP contribution in [0.3, 0.4) is 0 Å². The molecule has 0 amide bonds. The zero-order chi connectivity index (χ0) is 15.2. The summed E-state index contributed by atoms with van der Waals surface area (Å²) in [6.07, 6.45) is 1.01. The van der Waals surface area contributed by atoms with Crippen molar-refractivity contribution >= 4 is 21.5 Å². The first-order valence-electron chi connectivity index (χ1n) is 7.32. The summed E-state index contributed by atoms with van der Waals surface area (Å²) in [6, 6.07) is 13.3. The van der Waals surface area contributed by atoms with Crippen molar-refractivity contribution < 1.29 is 10.2 Å². The molecular formula is C19H20O2. The number of aromatic hydroxyl groups is 2. The number of phenols is 2. The molecule has 108 valence electrons. The zero-order valence-corrected chi connectivity index (χ0v) is 12.6. The summed E-state index contributed by atoms with van der Waals surface area (Å²) in [6.45, 7) is 6.53. The monoisotopic (exact) mass is 280 g/mol. The summed E-state index contributed by atoms with van der Waals surface area (Å²) in [4.78, 5) is 0. The van der Waals surface area contributed by atoms with E-state index in [2.05, 4.69) is 20.8 Å². The molecule has 0 aliphatic carbocycles. The minimum absolute atomic E-state index is 0.0435. The van der Waals surface area contributed by atoms with E-state index in [1.54, 1.807) is 0 Å². The summed E-state index contributed by atoms with van der Waals surface area (Å²) >= 11 is 0. The summed E-state index contributed by atoms with van der Waals surface area (Å²) in [5.41, 5.74) is 1.21. The van der Waals surface area contributed by atoms with Crippen LogP contribution in [0.15, 0.2) is 42.5 Å². The van der Waals surface area contributed by atoms with Gasteiger partial charge in [-0.05, 0) is 23.5 Å². The molecule has 0 saturated carbocycles. The standard InChI is InChI=1S/C19H20O2/c1-4-19(2,3)12-9-10-15-16(11-12)18(21)14-8-6-5-7-13(14)17(15)20/h5-11,20-21H,4H2,1-3H3. The van der Waals surface area contributed by atoms with Crippen molar-refractivity contribution in [3.05, 3.63) is 48.0 Å². The molecule has 21 heavy (non-hydrogen) atoms. The highest BCUT2D eigenvalue weighted by Gasteiger charge is 2.20. The number of hydrogen-bond acceptors (Lipinski definition) is 2. The molecule has 0 aromatic heterocycles. The lowest BCUT2D eigenvalue weighted by atomic mass is 9.81. The molecule has 2 nitrogen and oxygen atoms in total. The van der Waals surface area contributed by atoms with Crippen LogP contribution in [0.2, 0.25) is 0 Å². The fourth-order valence-electron chi connectivity index (χ4n) is 2.76. The Morgan fingerprint density at radius 1 is 0.810 bits per heavy atom. The first-order valence-corrected chi connectivity index (χ1v) is 7.32. The van der Waals surface area contributed by atoms with Crippen molar-refractivity contribution in [2.75, 3.05) is 0 Å². The largest absolute Gasteiger partial charge is 0.507 e. The Kier molecular flexibility index (Phi) is 3.05. The third-order valence-corrected chi connectivity index (χ3v) is 4.63. The zero-order valence-electron chi connectivity index (χ0n) is 12.6. The normalized spacial score (nSPS) is 12.1. The Morgan fingerprint density at radius 2 is 1.33 bits per heavy atom. The third kappa shape index (κ3) is 2.02. The van der Waals surface area contributed by atoms with Gasteiger partial charge in [-0.15, -0.1) is 0 Å². The molecule has 0 bridgehead atoms. The summed E-state index contributed by atoms with van der Waals surface area (Å²) in [5.74, 6) is 0.478. The quantitative estimate of drug-likeness (QED) is 0.507. The lowest BCUT2D eigenvalue weighted by molar-refractivity contribution is 0.477. The lowest BCUT2D eigenvalue weighted by Gasteiger charge is -2.24. The molecule has 3 rings (SSSR count). The van der Waals surface area contributed by atoms with Gasteiger partial charge in [0.2, 0.25) is 0 Å². The van der Waals surface area contributed by atoms with Gasteiger partial charge in [0.1, 0.15) is 11.5 Å². The minimum atomic E-state index is 0.0435. The Labute approximate surface area is 124 Å². The van der Waals surface area contributed by atoms with Crippen LogP contribution in [0.1, 0.15) is 32.8 Å². The van der Waals surface area contributed by atoms with Gasteiger partial charge in [-0.1, -0.05) is 57.2 Å². The van der Waals surface area contributed by atoms with Crippen LogP contribution in [0.25, 0.3) is 21.5 Å². The topological polar surface area (TPSA) is 40.5 Å². The molecule has 3 aromatic rings. The molecule has 0 heterocycles. The molecular weight excluding hydrogens is 260 g/mol. The highest BCUT2D eigenvalue weighted by molar-refractivity contribution is 6.10. The second-order valence-electron chi connectivity index (χ2n) is 6.24. The number of rotatable bonds is 2. The van der Waals surface area contributed by atoms with Gasteiger partial charge in [0.25, 0.3) is 0 Å². The smallest absolute Gasteiger partial charge is 0.131 e. The van der Waals surface area contributed by atoms with Crippen molar-refractivity contribution in [2.45, 2.75) is 32.6 Å². The van der Waals surface area contributed by atoms with Crippen molar-refractivity contribution in [3.8, 4) is 11.5 Å². The van der Waals surface area contributed by atoms with Crippen LogP contribution < -0.4 is 0 Å². The van der Waals surface area contributed by atoms with Crippen molar-refractivity contribution in [2.24, 2.45) is 0 Å². The van der Waals surface area contributed by atoms with Gasteiger partial charge in [0.05, 0.1) is 0 Å². The Balaban J connectivity index is 2.41. The van der Waals surface area contributed by atoms with E-state index in [0.29, 0.717) is 21.5 Å². The molecule has 0 unspecified atom stereocenters. The Bertz CT molecular complexity index is 832. The molecule has 0 aliphatic heterocycles. The molecule has 0 aliphatic rings. The third-order valence-electron chi connectivity index (χ3n) is 4.63. The molecule has 0 saturated heterocycles. The molecule has 0 spiro atoms. The van der Waals surface area contributed by atoms with E-state index in [9.17, 15) is 10.2 Å². The van der Waals surface area contributed by atoms with E-state index in [0.717, 1.165) is 6.42 Å². The number of phenolic OH excluding ortho intramolecular Hbond substituents is 2. The van der Waals surface area contributed by atoms with Gasteiger partial charge in [-0.2, -0.15) is 0 Å². The van der Waals surface area contributed by atoms with E-state index in [-0.39, 0.29) is 16.9 Å². The number of fused-ring (bicyclic) bond motifs is 2. The first-order chi connectivity index (χ1) is 9.95. The van der Waals surface area contributed by atoms with Crippen LogP contribution in [-0.4, -0.2) is 10.2 Å². The molecule has 3 aromatic carbocycles. The second-order valence-corrected chi connectivity index (χ2v) is 6.24. The summed E-state index contributed by atoms with van der Waals surface area (Å²) < 4.78 is 0. The predicted octanol–water partition coefficient (Wildman–Crippen LogP) is 5.09. The minimum Gasteiger partial charge on any atom is -0.507 e. The summed E-state index contributed by atoms with van der Waals surface area (Å²) in [5, 5.41) is 23.8. The van der Waals surface area contributed by atoms with Gasteiger partial charge in [0, 0.05) is 21.5 Å². The van der Waals surface area contributed by atoms with Crippen LogP contribution in [0, 0.1) is 0 Å². The van der Waals surface area contributed by atoms with Crippen molar-refractivity contribution in [3.63, 3.8) is 0 Å². The fourth-order valence-corrected chi connectivity index (χ4v) is 2.76. The van der Waals surface area contributed by atoms with Crippen LogP contribution in [0.5, 0.6) is 11.5 Å². The van der Waals surface area contributed by atoms with E-state index in [1.807, 2.05) is 42.5 Å². The maximum Gasteiger partial charge on any atom is 0.131 e. The van der Waals surface area contributed by atoms with E-state index in [4.69, 9.17) is 0 Å². The first kappa shape index (κ1) is 13.7. The maximum absolute atomic E-state index is 10.6. The summed E-state index contributed by atoms with van der Waals surface area (Å²) in [7, 11) is 0. The second kappa shape index (κ2) is 4.66. The van der Waals surface area contributed by atoms with Gasteiger partial charge in [-0.25, -0.2) is 0 Å². The van der Waals surface area contributed by atoms with Gasteiger partial charge >= 0.3 is 0 Å². The van der Waals surface area contributed by atoms with E-state index in [1.165, 1.54) is 5.56 Å². The highest BCUT2D eigenvalue weighted by Crippen LogP contribution is 2.42. The van der Waals surface area contributed by atoms with E-state index < -0.39 is 0 Å².